The molecule has 0 saturated carbocycles. The van der Waals surface area contributed by atoms with E-state index >= 15 is 0 Å². The van der Waals surface area contributed by atoms with Crippen molar-refractivity contribution in [1.82, 2.24) is 4.98 Å². The first-order chi connectivity index (χ1) is 12.5. The zero-order valence-corrected chi connectivity index (χ0v) is 14.8. The van der Waals surface area contributed by atoms with Crippen LogP contribution in [0.15, 0.2) is 36.4 Å². The number of alkyl halides is 6. The van der Waals surface area contributed by atoms with Gasteiger partial charge in [0.05, 0.1) is 12.2 Å². The number of benzene rings is 1. The zero-order chi connectivity index (χ0) is 20.1. The third kappa shape index (κ3) is 7.58. The van der Waals surface area contributed by atoms with Crippen LogP contribution in [0.1, 0.15) is 17.5 Å². The molecule has 27 heavy (non-hydrogen) atoms. The number of aromatic nitrogens is 1. The Hall–Kier alpha value is -2.10. The second kappa shape index (κ2) is 8.73. The minimum Gasteiger partial charge on any atom is -0.478 e. The summed E-state index contributed by atoms with van der Waals surface area (Å²) in [6.45, 7) is 1.72. The van der Waals surface area contributed by atoms with Crippen LogP contribution in [0.25, 0.3) is 0 Å². The molecular weight excluding hydrogens is 396 g/mol. The van der Waals surface area contributed by atoms with Gasteiger partial charge >= 0.3 is 11.7 Å². The standard InChI is InChI=1S/C17H15F6NO2S/c1-11-8-14(25-6-3-7-27-17(21,22)23)24-15(9-11)26-13-5-2-4-12(10-13)16(18,19)20/h2,4-5,8-10H,3,6-7H2,1H3. The molecule has 0 aliphatic carbocycles. The van der Waals surface area contributed by atoms with Crippen molar-refractivity contribution in [2.75, 3.05) is 12.4 Å². The molecule has 0 amide bonds. The maximum atomic E-state index is 12.7. The Labute approximate surface area is 155 Å². The predicted molar refractivity (Wildman–Crippen MR) is 89.1 cm³/mol. The number of ether oxygens (including phenoxy) is 2. The fourth-order valence-corrected chi connectivity index (χ4v) is 2.50. The number of nitrogens with zero attached hydrogens (tertiary/aromatic N) is 1. The summed E-state index contributed by atoms with van der Waals surface area (Å²) >= 11 is -0.137. The van der Waals surface area contributed by atoms with Gasteiger partial charge in [0.25, 0.3) is 0 Å². The van der Waals surface area contributed by atoms with E-state index in [4.69, 9.17) is 9.47 Å². The fourth-order valence-electron chi connectivity index (χ4n) is 2.01. The van der Waals surface area contributed by atoms with Crippen molar-refractivity contribution in [2.24, 2.45) is 0 Å². The summed E-state index contributed by atoms with van der Waals surface area (Å²) in [5.74, 6) is -0.0541. The molecule has 148 valence electrons. The molecule has 0 saturated heterocycles. The predicted octanol–water partition coefficient (Wildman–Crippen LogP) is 6.22. The van der Waals surface area contributed by atoms with Crippen molar-refractivity contribution in [1.29, 1.82) is 0 Å². The lowest BCUT2D eigenvalue weighted by Gasteiger charge is -2.11. The molecule has 2 rings (SSSR count). The maximum Gasteiger partial charge on any atom is 0.441 e. The highest BCUT2D eigenvalue weighted by Gasteiger charge is 2.30. The molecule has 2 aromatic rings. The molecule has 1 aromatic heterocycles. The van der Waals surface area contributed by atoms with Crippen LogP contribution in [0.4, 0.5) is 26.3 Å². The number of rotatable bonds is 7. The van der Waals surface area contributed by atoms with E-state index in [1.165, 1.54) is 18.2 Å². The van der Waals surface area contributed by atoms with E-state index in [0.717, 1.165) is 12.1 Å². The highest BCUT2D eigenvalue weighted by Crippen LogP contribution is 2.33. The Morgan fingerprint density at radius 1 is 1.00 bits per heavy atom. The monoisotopic (exact) mass is 411 g/mol. The molecule has 10 heteroatoms. The van der Waals surface area contributed by atoms with E-state index in [1.807, 2.05) is 0 Å². The lowest BCUT2D eigenvalue weighted by Crippen LogP contribution is -2.06. The lowest BCUT2D eigenvalue weighted by molar-refractivity contribution is -0.137. The number of aryl methyl sites for hydroxylation is 1. The molecule has 1 aromatic carbocycles. The number of thioether (sulfide) groups is 1. The molecule has 3 nitrogen and oxygen atoms in total. The summed E-state index contributed by atoms with van der Waals surface area (Å²) < 4.78 is 85.0. The average molecular weight is 411 g/mol. The first-order valence-electron chi connectivity index (χ1n) is 7.70. The van der Waals surface area contributed by atoms with Crippen LogP contribution in [-0.4, -0.2) is 22.9 Å². The third-order valence-electron chi connectivity index (χ3n) is 3.11. The summed E-state index contributed by atoms with van der Waals surface area (Å²) in [5.41, 5.74) is -4.47. The van der Waals surface area contributed by atoms with Gasteiger partial charge in [-0.3, -0.25) is 0 Å². The molecule has 0 spiro atoms. The van der Waals surface area contributed by atoms with Gasteiger partial charge in [0.2, 0.25) is 11.8 Å². The second-order valence-electron chi connectivity index (χ2n) is 5.44. The Balaban J connectivity index is 1.99. The summed E-state index contributed by atoms with van der Waals surface area (Å²) in [5, 5.41) is 0. The van der Waals surface area contributed by atoms with Crippen molar-refractivity contribution < 1.29 is 35.8 Å². The van der Waals surface area contributed by atoms with Gasteiger partial charge in [-0.05, 0) is 37.1 Å². The van der Waals surface area contributed by atoms with Crippen LogP contribution >= 0.6 is 11.8 Å². The van der Waals surface area contributed by atoms with Gasteiger partial charge < -0.3 is 9.47 Å². The van der Waals surface area contributed by atoms with E-state index in [-0.39, 0.29) is 48.1 Å². The minimum atomic E-state index is -4.50. The third-order valence-corrected chi connectivity index (χ3v) is 3.93. The van der Waals surface area contributed by atoms with E-state index in [9.17, 15) is 26.3 Å². The van der Waals surface area contributed by atoms with Crippen molar-refractivity contribution in [3.8, 4) is 17.5 Å². The second-order valence-corrected chi connectivity index (χ2v) is 6.60. The molecule has 0 N–H and O–H groups in total. The van der Waals surface area contributed by atoms with Gasteiger partial charge in [-0.15, -0.1) is 0 Å². The highest BCUT2D eigenvalue weighted by molar-refractivity contribution is 8.00. The van der Waals surface area contributed by atoms with Crippen LogP contribution in [0.3, 0.4) is 0 Å². The van der Waals surface area contributed by atoms with Gasteiger partial charge in [-0.2, -0.15) is 31.3 Å². The highest BCUT2D eigenvalue weighted by atomic mass is 32.2. The minimum absolute atomic E-state index is 0.0164. The molecule has 0 aliphatic heterocycles. The first kappa shape index (κ1) is 21.2. The van der Waals surface area contributed by atoms with Crippen LogP contribution in [-0.2, 0) is 6.18 Å². The first-order valence-corrected chi connectivity index (χ1v) is 8.69. The molecule has 0 unspecified atom stereocenters. The van der Waals surface area contributed by atoms with Crippen molar-refractivity contribution in [3.63, 3.8) is 0 Å². The summed E-state index contributed by atoms with van der Waals surface area (Å²) in [6, 6.07) is 7.39. The van der Waals surface area contributed by atoms with E-state index in [1.54, 1.807) is 13.0 Å². The quantitative estimate of drug-likeness (QED) is 0.400. The summed E-state index contributed by atoms with van der Waals surface area (Å²) in [6.07, 6.45) is -4.34. The summed E-state index contributed by atoms with van der Waals surface area (Å²) in [4.78, 5) is 4.01. The molecule has 1 heterocycles. The number of hydrogen-bond acceptors (Lipinski definition) is 4. The van der Waals surface area contributed by atoms with Crippen molar-refractivity contribution in [2.45, 2.75) is 25.0 Å². The van der Waals surface area contributed by atoms with Crippen LogP contribution in [0, 0.1) is 6.92 Å². The normalized spacial score (nSPS) is 12.1. The molecule has 0 radical (unpaired) electrons. The van der Waals surface area contributed by atoms with Gasteiger partial charge in [-0.1, -0.05) is 17.8 Å². The van der Waals surface area contributed by atoms with E-state index in [2.05, 4.69) is 4.98 Å². The molecule has 0 bridgehead atoms. The molecule has 0 aliphatic rings. The number of hydrogen-bond donors (Lipinski definition) is 0. The zero-order valence-electron chi connectivity index (χ0n) is 14.0. The molecule has 0 fully saturated rings. The molecule has 0 atom stereocenters. The topological polar surface area (TPSA) is 31.4 Å². The van der Waals surface area contributed by atoms with Crippen LogP contribution < -0.4 is 9.47 Å². The van der Waals surface area contributed by atoms with E-state index < -0.39 is 17.2 Å². The van der Waals surface area contributed by atoms with Crippen LogP contribution in [0.5, 0.6) is 17.5 Å². The fraction of sp³-hybridized carbons (Fsp3) is 0.353. The smallest absolute Gasteiger partial charge is 0.441 e. The Morgan fingerprint density at radius 3 is 2.37 bits per heavy atom. The Morgan fingerprint density at radius 2 is 1.70 bits per heavy atom. The van der Waals surface area contributed by atoms with Gasteiger partial charge in [0.1, 0.15) is 5.75 Å². The van der Waals surface area contributed by atoms with Crippen molar-refractivity contribution >= 4 is 11.8 Å². The van der Waals surface area contributed by atoms with E-state index in [0.29, 0.717) is 5.56 Å². The largest absolute Gasteiger partial charge is 0.478 e. The van der Waals surface area contributed by atoms with Gasteiger partial charge in [0, 0.05) is 17.9 Å². The molecular formula is C17H15F6NO2S. The van der Waals surface area contributed by atoms with Crippen molar-refractivity contribution in [3.05, 3.63) is 47.5 Å². The maximum absolute atomic E-state index is 12.7. The lowest BCUT2D eigenvalue weighted by atomic mass is 10.2. The average Bonchev–Trinajstić information content (AvgIpc) is 2.52. The number of pyridine rings is 1. The number of halogens is 6. The summed E-state index contributed by atoms with van der Waals surface area (Å²) in [7, 11) is 0. The Bertz CT molecular complexity index is 764. The SMILES string of the molecule is Cc1cc(OCCCSC(F)(F)F)nc(Oc2cccc(C(F)(F)F)c2)c1. The van der Waals surface area contributed by atoms with Gasteiger partial charge in [0.15, 0.2) is 0 Å². The van der Waals surface area contributed by atoms with Crippen LogP contribution in [0.2, 0.25) is 0 Å². The Kier molecular flexibility index (Phi) is 6.85. The van der Waals surface area contributed by atoms with Gasteiger partial charge in [-0.25, -0.2) is 0 Å².